The van der Waals surface area contributed by atoms with Crippen LogP contribution in [0.4, 0.5) is 5.82 Å². The predicted molar refractivity (Wildman–Crippen MR) is 93.1 cm³/mol. The molecule has 22 heavy (non-hydrogen) atoms. The Kier molecular flexibility index (Phi) is 5.27. The van der Waals surface area contributed by atoms with Gasteiger partial charge >= 0.3 is 0 Å². The lowest BCUT2D eigenvalue weighted by Crippen LogP contribution is -2.27. The van der Waals surface area contributed by atoms with Crippen LogP contribution in [0.1, 0.15) is 19.5 Å². The highest BCUT2D eigenvalue weighted by Crippen LogP contribution is 2.10. The quantitative estimate of drug-likeness (QED) is 0.801. The van der Waals surface area contributed by atoms with Crippen LogP contribution < -0.4 is 15.8 Å². The van der Waals surface area contributed by atoms with Crippen LogP contribution in [0.5, 0.6) is 0 Å². The van der Waals surface area contributed by atoms with Crippen molar-refractivity contribution in [3.63, 3.8) is 0 Å². The molecule has 0 atom stereocenters. The van der Waals surface area contributed by atoms with Gasteiger partial charge in [0, 0.05) is 34.1 Å². The van der Waals surface area contributed by atoms with Gasteiger partial charge in [-0.25, -0.2) is 4.99 Å². The summed E-state index contributed by atoms with van der Waals surface area (Å²) in [4.78, 5) is 15.5. The Bertz CT molecular complexity index is 823. The number of H-pyrrole nitrogens is 1. The lowest BCUT2D eigenvalue weighted by atomic mass is 10.2. The van der Waals surface area contributed by atoms with Gasteiger partial charge in [0.25, 0.3) is 0 Å². The fourth-order valence-electron chi connectivity index (χ4n) is 2.00. The number of nitrogens with zero attached hydrogens (tertiary/aromatic N) is 2. The third-order valence-electron chi connectivity index (χ3n) is 2.90. The van der Waals surface area contributed by atoms with E-state index in [0.717, 1.165) is 20.6 Å². The molecule has 6 heteroatoms. The monoisotopic (exact) mass is 360 g/mol. The molecule has 114 valence electrons. The summed E-state index contributed by atoms with van der Waals surface area (Å²) in [5, 5.41) is 11.9. The molecular weight excluding hydrogens is 344 g/mol. The van der Waals surface area contributed by atoms with Crippen LogP contribution in [0.3, 0.4) is 0 Å². The number of aromatic nitrogens is 2. The van der Waals surface area contributed by atoms with E-state index >= 15 is 0 Å². The van der Waals surface area contributed by atoms with E-state index in [1.807, 2.05) is 25.1 Å². The summed E-state index contributed by atoms with van der Waals surface area (Å²) >= 11 is 3.42. The number of carbonyl (C=O) groups excluding carboxylic acids is 1. The smallest absolute Gasteiger partial charge is 0.153 e. The number of rotatable bonds is 5. The van der Waals surface area contributed by atoms with Gasteiger partial charge in [-0.15, -0.1) is 0 Å². The molecule has 0 unspecified atom stereocenters. The second kappa shape index (κ2) is 7.17. The first-order valence-corrected chi connectivity index (χ1v) is 7.57. The van der Waals surface area contributed by atoms with Crippen molar-refractivity contribution in [1.82, 2.24) is 10.2 Å². The van der Waals surface area contributed by atoms with Crippen LogP contribution >= 0.6 is 15.9 Å². The molecule has 0 bridgehead atoms. The van der Waals surface area contributed by atoms with E-state index in [1.165, 1.54) is 0 Å². The van der Waals surface area contributed by atoms with Crippen LogP contribution in [0.2, 0.25) is 0 Å². The van der Waals surface area contributed by atoms with Crippen LogP contribution in [0.15, 0.2) is 33.7 Å². The van der Waals surface area contributed by atoms with Crippen molar-refractivity contribution >= 4 is 46.1 Å². The topological polar surface area (TPSA) is 70.1 Å². The summed E-state index contributed by atoms with van der Waals surface area (Å²) in [6.07, 6.45) is 2.03. The molecular formula is C16H17BrN4O. The number of aliphatic imine (C=N–C) groups is 1. The number of benzene rings is 1. The first-order valence-electron chi connectivity index (χ1n) is 6.78. The molecule has 0 spiro atoms. The number of anilines is 1. The van der Waals surface area contributed by atoms with Crippen molar-refractivity contribution in [3.05, 3.63) is 44.9 Å². The summed E-state index contributed by atoms with van der Waals surface area (Å²) < 4.78 is 0.963. The van der Waals surface area contributed by atoms with Gasteiger partial charge < -0.3 is 5.32 Å². The van der Waals surface area contributed by atoms with E-state index in [0.29, 0.717) is 18.1 Å². The van der Waals surface area contributed by atoms with Gasteiger partial charge in [0.1, 0.15) is 11.6 Å². The van der Waals surface area contributed by atoms with Gasteiger partial charge in [-0.1, -0.05) is 22.5 Å². The lowest BCUT2D eigenvalue weighted by Gasteiger charge is -2.04. The summed E-state index contributed by atoms with van der Waals surface area (Å²) in [5.74, 6) is 1.35. The zero-order valence-corrected chi connectivity index (χ0v) is 14.1. The van der Waals surface area contributed by atoms with Crippen LogP contribution in [-0.4, -0.2) is 22.2 Å². The van der Waals surface area contributed by atoms with Gasteiger partial charge in [0.05, 0.1) is 0 Å². The normalized spacial score (nSPS) is 12.5. The minimum absolute atomic E-state index is 0.0823. The van der Waals surface area contributed by atoms with Crippen molar-refractivity contribution < 1.29 is 4.79 Å². The van der Waals surface area contributed by atoms with Crippen LogP contribution in [0, 0.1) is 0 Å². The Morgan fingerprint density at radius 2 is 2.27 bits per heavy atom. The fourth-order valence-corrected chi connectivity index (χ4v) is 2.41. The molecule has 0 fully saturated rings. The van der Waals surface area contributed by atoms with E-state index in [4.69, 9.17) is 0 Å². The SMILES string of the molecule is C=c1cc(Br)cc/c1=C(/N=CC)Nc1cc(CC(C)=O)[nH]n1. The minimum atomic E-state index is 0.0823. The van der Waals surface area contributed by atoms with E-state index in [1.54, 1.807) is 19.2 Å². The molecule has 0 saturated heterocycles. The molecule has 0 aliphatic carbocycles. The van der Waals surface area contributed by atoms with Crippen molar-refractivity contribution in [2.45, 2.75) is 20.3 Å². The van der Waals surface area contributed by atoms with Crippen molar-refractivity contribution in [2.24, 2.45) is 4.99 Å². The number of aromatic amines is 1. The fraction of sp³-hybridized carbons (Fsp3) is 0.188. The maximum Gasteiger partial charge on any atom is 0.153 e. The highest BCUT2D eigenvalue weighted by atomic mass is 79.9. The number of halogens is 1. The highest BCUT2D eigenvalue weighted by Gasteiger charge is 2.05. The van der Waals surface area contributed by atoms with E-state index < -0.39 is 0 Å². The molecule has 2 rings (SSSR count). The van der Waals surface area contributed by atoms with Crippen LogP contribution in [0.25, 0.3) is 12.4 Å². The average molecular weight is 361 g/mol. The maximum atomic E-state index is 11.1. The number of Topliss-reactive ketones (excluding diaryl/α,β-unsaturated/α-hetero) is 1. The Hall–Kier alpha value is -2.21. The number of hydrogen-bond donors (Lipinski definition) is 2. The second-order valence-corrected chi connectivity index (χ2v) is 5.74. The molecule has 0 amide bonds. The van der Waals surface area contributed by atoms with Crippen LogP contribution in [-0.2, 0) is 11.2 Å². The number of hydrogen-bond acceptors (Lipinski definition) is 4. The largest absolute Gasteiger partial charge is 0.323 e. The zero-order chi connectivity index (χ0) is 16.1. The van der Waals surface area contributed by atoms with E-state index in [9.17, 15) is 4.79 Å². The molecule has 2 N–H and O–H groups in total. The summed E-state index contributed by atoms with van der Waals surface area (Å²) in [6, 6.07) is 7.59. The van der Waals surface area contributed by atoms with Crippen molar-refractivity contribution in [2.75, 3.05) is 5.32 Å². The summed E-state index contributed by atoms with van der Waals surface area (Å²) in [6.45, 7) is 7.42. The number of ketones is 1. The molecule has 0 radical (unpaired) electrons. The molecule has 0 saturated carbocycles. The molecule has 0 aliphatic rings. The van der Waals surface area contributed by atoms with Crippen molar-refractivity contribution in [3.8, 4) is 0 Å². The predicted octanol–water partition coefficient (Wildman–Crippen LogP) is 1.98. The van der Waals surface area contributed by atoms with Gasteiger partial charge in [0.15, 0.2) is 5.82 Å². The molecule has 1 aromatic heterocycles. The lowest BCUT2D eigenvalue weighted by molar-refractivity contribution is -0.116. The maximum absolute atomic E-state index is 11.1. The minimum Gasteiger partial charge on any atom is -0.323 e. The molecule has 1 aromatic carbocycles. The third kappa shape index (κ3) is 4.14. The van der Waals surface area contributed by atoms with Gasteiger partial charge in [-0.2, -0.15) is 5.10 Å². The van der Waals surface area contributed by atoms with Gasteiger partial charge in [0.2, 0.25) is 0 Å². The van der Waals surface area contributed by atoms with Gasteiger partial charge in [-0.3, -0.25) is 9.89 Å². The average Bonchev–Trinajstić information content (AvgIpc) is 2.85. The molecule has 2 aromatic rings. The molecule has 0 aliphatic heterocycles. The Morgan fingerprint density at radius 1 is 1.50 bits per heavy atom. The summed E-state index contributed by atoms with van der Waals surface area (Å²) in [5.41, 5.74) is 0.764. The molecule has 5 nitrogen and oxygen atoms in total. The standard InChI is InChI=1S/C16H17BrN4O/c1-4-18-16(14-6-5-12(17)7-10(14)2)19-15-9-13(20-21-15)8-11(3)22/h4-7,9H,2,8H2,1,3H3,(H2,19,20,21)/b16-14+,18-4?. The molecule has 1 heterocycles. The zero-order valence-electron chi connectivity index (χ0n) is 12.5. The number of carbonyl (C=O) groups is 1. The number of nitrogens with one attached hydrogen (secondary N) is 2. The van der Waals surface area contributed by atoms with Crippen molar-refractivity contribution in [1.29, 1.82) is 0 Å². The second-order valence-electron chi connectivity index (χ2n) is 4.82. The van der Waals surface area contributed by atoms with E-state index in [2.05, 4.69) is 43.0 Å². The summed E-state index contributed by atoms with van der Waals surface area (Å²) in [7, 11) is 0. The van der Waals surface area contributed by atoms with Gasteiger partial charge in [-0.05, 0) is 37.3 Å². The Balaban J connectivity index is 2.39. The first kappa shape index (κ1) is 16.2. The first-order chi connectivity index (χ1) is 10.5. The Morgan fingerprint density at radius 3 is 2.91 bits per heavy atom. The highest BCUT2D eigenvalue weighted by molar-refractivity contribution is 9.10. The van der Waals surface area contributed by atoms with E-state index in [-0.39, 0.29) is 5.78 Å². The Labute approximate surface area is 137 Å². The third-order valence-corrected chi connectivity index (χ3v) is 3.39.